The van der Waals surface area contributed by atoms with E-state index in [0.29, 0.717) is 6.61 Å². The normalized spacial score (nSPS) is 16.6. The summed E-state index contributed by atoms with van der Waals surface area (Å²) in [6, 6.07) is 10.4. The van der Waals surface area contributed by atoms with Gasteiger partial charge in [0.2, 0.25) is 0 Å². The van der Waals surface area contributed by atoms with Crippen LogP contribution in [0, 0.1) is 11.3 Å². The van der Waals surface area contributed by atoms with E-state index >= 15 is 0 Å². The van der Waals surface area contributed by atoms with Crippen molar-refractivity contribution in [1.82, 2.24) is 4.98 Å². The number of hydrogen-bond acceptors (Lipinski definition) is 3. The Morgan fingerprint density at radius 3 is 2.76 bits per heavy atom. The van der Waals surface area contributed by atoms with Crippen molar-refractivity contribution in [3.8, 4) is 23.1 Å². The second-order valence-electron chi connectivity index (χ2n) is 5.65. The van der Waals surface area contributed by atoms with Crippen LogP contribution in [0.2, 0.25) is 0 Å². The van der Waals surface area contributed by atoms with Gasteiger partial charge in [0, 0.05) is 24.2 Å². The number of nitriles is 1. The van der Waals surface area contributed by atoms with Crippen LogP contribution in [0.1, 0.15) is 30.4 Å². The van der Waals surface area contributed by atoms with Crippen LogP contribution in [0.15, 0.2) is 24.3 Å². The topological polar surface area (TPSA) is 52.0 Å². The van der Waals surface area contributed by atoms with Gasteiger partial charge in [-0.2, -0.15) is 5.26 Å². The van der Waals surface area contributed by atoms with Crippen LogP contribution >= 0.6 is 0 Å². The van der Waals surface area contributed by atoms with Gasteiger partial charge in [-0.3, -0.25) is 0 Å². The van der Waals surface area contributed by atoms with Gasteiger partial charge in [0.15, 0.2) is 0 Å². The molecule has 4 nitrogen and oxygen atoms in total. The largest absolute Gasteiger partial charge is 0.488 e. The lowest BCUT2D eigenvalue weighted by Gasteiger charge is -2.27. The van der Waals surface area contributed by atoms with Crippen LogP contribution in [0.5, 0.6) is 5.75 Å². The van der Waals surface area contributed by atoms with E-state index in [2.05, 4.69) is 16.0 Å². The summed E-state index contributed by atoms with van der Waals surface area (Å²) < 4.78 is 5.80. The van der Waals surface area contributed by atoms with Crippen molar-refractivity contribution < 1.29 is 4.74 Å². The highest BCUT2D eigenvalue weighted by Crippen LogP contribution is 2.41. The van der Waals surface area contributed by atoms with E-state index in [1.807, 2.05) is 24.3 Å². The van der Waals surface area contributed by atoms with Gasteiger partial charge in [-0.1, -0.05) is 12.1 Å². The molecule has 1 aromatic carbocycles. The predicted octanol–water partition coefficient (Wildman–Crippen LogP) is 3.44. The molecule has 0 bridgehead atoms. The van der Waals surface area contributed by atoms with E-state index in [4.69, 9.17) is 4.74 Å². The van der Waals surface area contributed by atoms with Gasteiger partial charge < -0.3 is 14.6 Å². The van der Waals surface area contributed by atoms with Crippen LogP contribution in [0.25, 0.3) is 11.3 Å². The molecule has 0 aliphatic carbocycles. The molecule has 0 unspecified atom stereocenters. The van der Waals surface area contributed by atoms with E-state index in [0.717, 1.165) is 47.0 Å². The van der Waals surface area contributed by atoms with Crippen molar-refractivity contribution in [1.29, 1.82) is 5.26 Å². The molecule has 4 rings (SSSR count). The highest BCUT2D eigenvalue weighted by molar-refractivity contribution is 5.79. The van der Waals surface area contributed by atoms with Crippen molar-refractivity contribution in [3.05, 3.63) is 35.4 Å². The van der Waals surface area contributed by atoms with Crippen molar-refractivity contribution in [3.63, 3.8) is 0 Å². The zero-order valence-electron chi connectivity index (χ0n) is 11.9. The fourth-order valence-electron chi connectivity index (χ4n) is 3.32. The van der Waals surface area contributed by atoms with Crippen LogP contribution in [-0.4, -0.2) is 18.1 Å². The van der Waals surface area contributed by atoms with Gasteiger partial charge in [0.25, 0.3) is 0 Å². The number of benzene rings is 1. The summed E-state index contributed by atoms with van der Waals surface area (Å²) in [6.07, 6.45) is 3.67. The molecular weight excluding hydrogens is 262 g/mol. The number of H-pyrrole nitrogens is 1. The second kappa shape index (κ2) is 4.85. The predicted molar refractivity (Wildman–Crippen MR) is 81.3 cm³/mol. The molecule has 0 atom stereocenters. The molecule has 1 aromatic heterocycles. The summed E-state index contributed by atoms with van der Waals surface area (Å²) in [5.74, 6) is 1.86. The summed E-state index contributed by atoms with van der Waals surface area (Å²) in [7, 11) is 0. The molecule has 4 heteroatoms. The maximum absolute atomic E-state index is 9.59. The number of para-hydroxylation sites is 1. The number of anilines is 1. The number of aromatic nitrogens is 1. The molecule has 0 saturated carbocycles. The Kier molecular flexibility index (Phi) is 2.85. The number of fused-ring (bicyclic) bond motifs is 3. The number of piperidine rings is 1. The molecule has 106 valence electrons. The van der Waals surface area contributed by atoms with Crippen LogP contribution in [0.3, 0.4) is 0 Å². The number of hydrogen-bond donors (Lipinski definition) is 1. The molecule has 0 radical (unpaired) electrons. The summed E-state index contributed by atoms with van der Waals surface area (Å²) >= 11 is 0. The maximum Gasteiger partial charge on any atom is 0.129 e. The van der Waals surface area contributed by atoms with Crippen LogP contribution in [0.4, 0.5) is 5.82 Å². The summed E-state index contributed by atoms with van der Waals surface area (Å²) in [6.45, 7) is 2.52. The molecule has 2 aliphatic rings. The monoisotopic (exact) mass is 279 g/mol. The molecule has 2 aromatic rings. The first-order chi connectivity index (χ1) is 10.4. The van der Waals surface area contributed by atoms with E-state index in [9.17, 15) is 5.26 Å². The molecule has 2 aliphatic heterocycles. The Balaban J connectivity index is 1.85. The summed E-state index contributed by atoms with van der Waals surface area (Å²) in [5, 5.41) is 9.59. The minimum absolute atomic E-state index is 0.472. The van der Waals surface area contributed by atoms with Gasteiger partial charge >= 0.3 is 0 Å². The first-order valence-corrected chi connectivity index (χ1v) is 7.50. The molecule has 1 saturated heterocycles. The third kappa shape index (κ3) is 1.89. The minimum atomic E-state index is 0.472. The molecule has 21 heavy (non-hydrogen) atoms. The zero-order valence-corrected chi connectivity index (χ0v) is 11.9. The highest BCUT2D eigenvalue weighted by atomic mass is 16.5. The van der Waals surface area contributed by atoms with Gasteiger partial charge in [-0.25, -0.2) is 0 Å². The summed E-state index contributed by atoms with van der Waals surface area (Å²) in [5.41, 5.74) is 3.85. The van der Waals surface area contributed by atoms with Gasteiger partial charge in [-0.15, -0.1) is 0 Å². The van der Waals surface area contributed by atoms with Crippen molar-refractivity contribution in [2.75, 3.05) is 18.0 Å². The smallest absolute Gasteiger partial charge is 0.129 e. The average Bonchev–Trinajstić information content (AvgIpc) is 2.94. The lowest BCUT2D eigenvalue weighted by atomic mass is 10.0. The lowest BCUT2D eigenvalue weighted by molar-refractivity contribution is 0.302. The van der Waals surface area contributed by atoms with Gasteiger partial charge in [-0.05, 0) is 31.4 Å². The van der Waals surface area contributed by atoms with Crippen molar-refractivity contribution in [2.24, 2.45) is 0 Å². The summed E-state index contributed by atoms with van der Waals surface area (Å²) in [4.78, 5) is 5.81. The average molecular weight is 279 g/mol. The van der Waals surface area contributed by atoms with Crippen molar-refractivity contribution >= 4 is 5.82 Å². The fraction of sp³-hybridized carbons (Fsp3) is 0.353. The Morgan fingerprint density at radius 1 is 1.14 bits per heavy atom. The maximum atomic E-state index is 9.59. The van der Waals surface area contributed by atoms with Crippen molar-refractivity contribution in [2.45, 2.75) is 25.9 Å². The van der Waals surface area contributed by atoms with E-state index < -0.39 is 0 Å². The first-order valence-electron chi connectivity index (χ1n) is 7.50. The van der Waals surface area contributed by atoms with Gasteiger partial charge in [0.05, 0.1) is 5.69 Å². The third-order valence-corrected chi connectivity index (χ3v) is 4.40. The zero-order chi connectivity index (χ0) is 14.2. The second-order valence-corrected chi connectivity index (χ2v) is 5.65. The Hall–Kier alpha value is -2.41. The minimum Gasteiger partial charge on any atom is -0.488 e. The fourth-order valence-corrected chi connectivity index (χ4v) is 3.32. The molecular formula is C17H17N3O. The van der Waals surface area contributed by atoms with E-state index in [1.165, 1.54) is 19.3 Å². The standard InChI is InChI=1S/C17H17N3O/c18-10-13-14-11-21-15-7-3-2-6-12(15)16(14)19-17(13)20-8-4-1-5-9-20/h2-3,6-7,19H,1,4-5,8-9,11H2. The quantitative estimate of drug-likeness (QED) is 0.870. The molecule has 0 spiro atoms. The van der Waals surface area contributed by atoms with E-state index in [-0.39, 0.29) is 0 Å². The number of aromatic amines is 1. The number of nitrogens with zero attached hydrogens (tertiary/aromatic N) is 2. The number of rotatable bonds is 1. The first kappa shape index (κ1) is 12.3. The third-order valence-electron chi connectivity index (χ3n) is 4.40. The SMILES string of the molecule is N#Cc1c(N2CCCCC2)[nH]c2c1COc1ccccc1-2. The number of nitrogens with one attached hydrogen (secondary N) is 1. The molecule has 1 N–H and O–H groups in total. The van der Waals surface area contributed by atoms with Gasteiger partial charge in [0.1, 0.15) is 29.8 Å². The molecule has 0 amide bonds. The Morgan fingerprint density at radius 2 is 1.95 bits per heavy atom. The molecule has 1 fully saturated rings. The van der Waals surface area contributed by atoms with E-state index in [1.54, 1.807) is 0 Å². The highest BCUT2D eigenvalue weighted by Gasteiger charge is 2.27. The lowest BCUT2D eigenvalue weighted by Crippen LogP contribution is -2.30. The Bertz CT molecular complexity index is 720. The molecule has 3 heterocycles. The van der Waals surface area contributed by atoms with Crippen LogP contribution < -0.4 is 9.64 Å². The number of ether oxygens (including phenoxy) is 1. The van der Waals surface area contributed by atoms with Crippen LogP contribution in [-0.2, 0) is 6.61 Å². The Labute approximate surface area is 124 Å².